The zero-order valence-electron chi connectivity index (χ0n) is 14.0. The molecule has 1 aliphatic heterocycles. The van der Waals surface area contributed by atoms with E-state index in [-0.39, 0.29) is 24.8 Å². The van der Waals surface area contributed by atoms with Gasteiger partial charge in [0.2, 0.25) is 0 Å². The first-order valence-electron chi connectivity index (χ1n) is 8.24. The Bertz CT molecular complexity index is 459. The summed E-state index contributed by atoms with van der Waals surface area (Å²) in [4.78, 5) is 6.90. The molecule has 4 nitrogen and oxygen atoms in total. The summed E-state index contributed by atoms with van der Waals surface area (Å²) < 4.78 is 0. The maximum atomic E-state index is 5.87. The molecule has 1 heterocycles. The zero-order chi connectivity index (χ0) is 15.6. The lowest BCUT2D eigenvalue weighted by Gasteiger charge is -2.13. The van der Waals surface area contributed by atoms with E-state index in [0.717, 1.165) is 23.6 Å². The number of likely N-dealkylation sites (tertiary alicyclic amines) is 1. The Hall–Kier alpha value is -0.680. The van der Waals surface area contributed by atoms with E-state index < -0.39 is 0 Å². The van der Waals surface area contributed by atoms with Crippen LogP contribution in [0.3, 0.4) is 0 Å². The number of aliphatic imine (C=N–C) groups is 1. The summed E-state index contributed by atoms with van der Waals surface area (Å²) in [5.41, 5.74) is 6.98. The molecule has 1 aromatic rings. The molecule has 1 fully saturated rings. The van der Waals surface area contributed by atoms with E-state index in [1.165, 1.54) is 45.3 Å². The molecule has 7 heteroatoms. The van der Waals surface area contributed by atoms with Gasteiger partial charge in [-0.1, -0.05) is 30.2 Å². The molecule has 0 bridgehead atoms. The fourth-order valence-corrected chi connectivity index (χ4v) is 2.81. The Morgan fingerprint density at radius 1 is 1.08 bits per heavy atom. The number of benzene rings is 1. The molecular weight excluding hydrogens is 367 g/mol. The molecule has 0 atom stereocenters. The summed E-state index contributed by atoms with van der Waals surface area (Å²) >= 11 is 5.85. The first-order valence-corrected chi connectivity index (χ1v) is 8.62. The van der Waals surface area contributed by atoms with Gasteiger partial charge >= 0.3 is 0 Å². The molecule has 0 amide bonds. The molecule has 0 radical (unpaired) electrons. The summed E-state index contributed by atoms with van der Waals surface area (Å²) in [5, 5.41) is 3.92. The lowest BCUT2D eigenvalue weighted by atomic mass is 10.2. The van der Waals surface area contributed by atoms with Gasteiger partial charge in [-0.25, -0.2) is 4.99 Å². The second-order valence-electron chi connectivity index (χ2n) is 5.86. The van der Waals surface area contributed by atoms with Crippen molar-refractivity contribution in [2.45, 2.75) is 38.6 Å². The number of hydrogen-bond acceptors (Lipinski definition) is 2. The topological polar surface area (TPSA) is 53.6 Å². The molecule has 0 spiro atoms. The maximum absolute atomic E-state index is 5.87. The minimum Gasteiger partial charge on any atom is -0.370 e. The Balaban J connectivity index is 0.00000264. The molecule has 1 saturated heterocycles. The average molecular weight is 396 g/mol. The van der Waals surface area contributed by atoms with Gasteiger partial charge in [-0.15, -0.1) is 24.8 Å². The summed E-state index contributed by atoms with van der Waals surface area (Å²) in [6.45, 7) is 5.33. The largest absolute Gasteiger partial charge is 0.370 e. The minimum absolute atomic E-state index is 0. The molecule has 3 N–H and O–H groups in total. The Morgan fingerprint density at radius 2 is 1.75 bits per heavy atom. The van der Waals surface area contributed by atoms with Gasteiger partial charge in [0.25, 0.3) is 0 Å². The Kier molecular flexibility index (Phi) is 13.2. The molecule has 1 aliphatic rings. The van der Waals surface area contributed by atoms with Crippen molar-refractivity contribution in [1.82, 2.24) is 10.2 Å². The molecule has 2 rings (SSSR count). The quantitative estimate of drug-likeness (QED) is 0.399. The number of nitrogens with zero attached hydrogens (tertiary/aromatic N) is 2. The van der Waals surface area contributed by atoms with Gasteiger partial charge in [0.1, 0.15) is 0 Å². The summed E-state index contributed by atoms with van der Waals surface area (Å²) in [6, 6.07) is 7.68. The van der Waals surface area contributed by atoms with E-state index in [9.17, 15) is 0 Å². The third-order valence-electron chi connectivity index (χ3n) is 4.00. The maximum Gasteiger partial charge on any atom is 0.188 e. The van der Waals surface area contributed by atoms with E-state index in [4.69, 9.17) is 17.3 Å². The molecule has 138 valence electrons. The van der Waals surface area contributed by atoms with Crippen LogP contribution < -0.4 is 11.1 Å². The summed E-state index contributed by atoms with van der Waals surface area (Å²) in [5.74, 6) is 0.523. The highest BCUT2D eigenvalue weighted by atomic mass is 35.5. The van der Waals surface area contributed by atoms with E-state index in [1.54, 1.807) is 0 Å². The molecule has 0 aromatic heterocycles. The van der Waals surface area contributed by atoms with Gasteiger partial charge in [0.05, 0.1) is 6.54 Å². The van der Waals surface area contributed by atoms with Crippen molar-refractivity contribution in [1.29, 1.82) is 0 Å². The predicted octanol–water partition coefficient (Wildman–Crippen LogP) is 3.85. The second kappa shape index (κ2) is 13.6. The minimum atomic E-state index is 0. The number of guanidine groups is 1. The van der Waals surface area contributed by atoms with Gasteiger partial charge in [-0.05, 0) is 63.0 Å². The van der Waals surface area contributed by atoms with Gasteiger partial charge in [-0.3, -0.25) is 0 Å². The third kappa shape index (κ3) is 9.58. The van der Waals surface area contributed by atoms with Crippen LogP contribution in [0, 0.1) is 0 Å². The predicted molar refractivity (Wildman–Crippen MR) is 109 cm³/mol. The number of nitrogens with one attached hydrogen (secondary N) is 1. The SMILES string of the molecule is Cl.Cl.NC(=NCc1ccc(Cl)cc1)NCCCCCN1CCCC1. The van der Waals surface area contributed by atoms with Crippen molar-refractivity contribution in [3.05, 3.63) is 34.9 Å². The highest BCUT2D eigenvalue weighted by molar-refractivity contribution is 6.30. The van der Waals surface area contributed by atoms with Crippen LogP contribution in [0.2, 0.25) is 5.02 Å². The zero-order valence-corrected chi connectivity index (χ0v) is 16.4. The Labute approximate surface area is 163 Å². The van der Waals surface area contributed by atoms with Crippen molar-refractivity contribution in [3.63, 3.8) is 0 Å². The van der Waals surface area contributed by atoms with Crippen molar-refractivity contribution < 1.29 is 0 Å². The number of halogens is 3. The standard InChI is InChI=1S/C17H27ClN4.2ClH/c18-16-8-6-15(7-9-16)14-21-17(19)20-10-2-1-3-11-22-12-4-5-13-22;;/h6-9H,1-5,10-14H2,(H3,19,20,21);2*1H. The first kappa shape index (κ1) is 23.3. The summed E-state index contributed by atoms with van der Waals surface area (Å²) in [6.07, 6.45) is 6.42. The van der Waals surface area contributed by atoms with Crippen LogP contribution >= 0.6 is 36.4 Å². The fourth-order valence-electron chi connectivity index (χ4n) is 2.68. The molecular formula is C17H29Cl3N4. The van der Waals surface area contributed by atoms with Crippen LogP contribution in [0.1, 0.15) is 37.7 Å². The van der Waals surface area contributed by atoms with E-state index in [0.29, 0.717) is 12.5 Å². The molecule has 0 unspecified atom stereocenters. The van der Waals surface area contributed by atoms with E-state index >= 15 is 0 Å². The average Bonchev–Trinajstić information content (AvgIpc) is 3.03. The summed E-state index contributed by atoms with van der Waals surface area (Å²) in [7, 11) is 0. The van der Waals surface area contributed by atoms with Crippen LogP contribution in [0.4, 0.5) is 0 Å². The van der Waals surface area contributed by atoms with Crippen LogP contribution in [0.25, 0.3) is 0 Å². The Morgan fingerprint density at radius 3 is 2.42 bits per heavy atom. The van der Waals surface area contributed by atoms with Crippen molar-refractivity contribution in [2.24, 2.45) is 10.7 Å². The van der Waals surface area contributed by atoms with Crippen molar-refractivity contribution >= 4 is 42.4 Å². The van der Waals surface area contributed by atoms with Crippen LogP contribution in [0.5, 0.6) is 0 Å². The second-order valence-corrected chi connectivity index (χ2v) is 6.30. The van der Waals surface area contributed by atoms with Crippen molar-refractivity contribution in [3.8, 4) is 0 Å². The van der Waals surface area contributed by atoms with Gasteiger partial charge in [0.15, 0.2) is 5.96 Å². The molecule has 24 heavy (non-hydrogen) atoms. The van der Waals surface area contributed by atoms with E-state index in [1.807, 2.05) is 24.3 Å². The van der Waals surface area contributed by atoms with Gasteiger partial charge < -0.3 is 16.0 Å². The van der Waals surface area contributed by atoms with Crippen molar-refractivity contribution in [2.75, 3.05) is 26.2 Å². The fraction of sp³-hybridized carbons (Fsp3) is 0.588. The number of hydrogen-bond donors (Lipinski definition) is 2. The smallest absolute Gasteiger partial charge is 0.188 e. The number of unbranched alkanes of at least 4 members (excludes halogenated alkanes) is 2. The van der Waals surface area contributed by atoms with Crippen LogP contribution in [0.15, 0.2) is 29.3 Å². The first-order chi connectivity index (χ1) is 10.7. The lowest BCUT2D eigenvalue weighted by molar-refractivity contribution is 0.328. The van der Waals surface area contributed by atoms with Crippen LogP contribution in [-0.2, 0) is 6.54 Å². The van der Waals surface area contributed by atoms with Gasteiger partial charge in [0, 0.05) is 11.6 Å². The molecule has 0 saturated carbocycles. The molecule has 0 aliphatic carbocycles. The van der Waals surface area contributed by atoms with Gasteiger partial charge in [-0.2, -0.15) is 0 Å². The number of rotatable bonds is 8. The monoisotopic (exact) mass is 394 g/mol. The van der Waals surface area contributed by atoms with Crippen LogP contribution in [-0.4, -0.2) is 37.0 Å². The lowest BCUT2D eigenvalue weighted by Crippen LogP contribution is -2.32. The normalized spacial score (nSPS) is 14.8. The molecule has 1 aromatic carbocycles. The number of nitrogens with two attached hydrogens (primary N) is 1. The van der Waals surface area contributed by atoms with E-state index in [2.05, 4.69) is 15.2 Å². The highest BCUT2D eigenvalue weighted by Crippen LogP contribution is 2.10. The highest BCUT2D eigenvalue weighted by Gasteiger charge is 2.09. The third-order valence-corrected chi connectivity index (χ3v) is 4.25.